The summed E-state index contributed by atoms with van der Waals surface area (Å²) in [7, 11) is 0. The van der Waals surface area contributed by atoms with E-state index in [0.717, 1.165) is 41.6 Å². The van der Waals surface area contributed by atoms with Gasteiger partial charge < -0.3 is 15.8 Å². The molecule has 7 heteroatoms. The van der Waals surface area contributed by atoms with Crippen LogP contribution in [0.4, 0.5) is 5.13 Å². The third-order valence-electron chi connectivity index (χ3n) is 3.99. The monoisotopic (exact) mass is 355 g/mol. The minimum atomic E-state index is 0. The molecule has 0 aliphatic heterocycles. The van der Waals surface area contributed by atoms with Crippen LogP contribution in [0.5, 0.6) is 5.75 Å². The SMILES string of the molecule is CCOc1ccc2nc(NC(=O)C3CCCC(N)C3)sc2c1.Cl. The van der Waals surface area contributed by atoms with Crippen molar-refractivity contribution in [1.82, 2.24) is 4.98 Å². The Kier molecular flexibility index (Phi) is 6.21. The van der Waals surface area contributed by atoms with Gasteiger partial charge in [0.1, 0.15) is 5.75 Å². The van der Waals surface area contributed by atoms with Crippen molar-refractivity contribution in [3.63, 3.8) is 0 Å². The topological polar surface area (TPSA) is 77.2 Å². The molecule has 3 rings (SSSR count). The summed E-state index contributed by atoms with van der Waals surface area (Å²) in [5.74, 6) is 0.878. The molecule has 23 heavy (non-hydrogen) atoms. The number of hydrogen-bond acceptors (Lipinski definition) is 5. The first-order chi connectivity index (χ1) is 10.7. The van der Waals surface area contributed by atoms with E-state index >= 15 is 0 Å². The van der Waals surface area contributed by atoms with E-state index in [1.54, 1.807) is 0 Å². The molecule has 1 aliphatic rings. The highest BCUT2D eigenvalue weighted by Crippen LogP contribution is 2.30. The molecule has 0 saturated heterocycles. The van der Waals surface area contributed by atoms with Gasteiger partial charge in [0, 0.05) is 12.0 Å². The normalized spacial score (nSPS) is 20.8. The van der Waals surface area contributed by atoms with E-state index in [4.69, 9.17) is 10.5 Å². The number of ether oxygens (including phenoxy) is 1. The summed E-state index contributed by atoms with van der Waals surface area (Å²) < 4.78 is 6.50. The van der Waals surface area contributed by atoms with Crippen LogP contribution in [0.1, 0.15) is 32.6 Å². The quantitative estimate of drug-likeness (QED) is 0.878. The zero-order valence-electron chi connectivity index (χ0n) is 13.1. The van der Waals surface area contributed by atoms with E-state index in [9.17, 15) is 4.79 Å². The highest BCUT2D eigenvalue weighted by Gasteiger charge is 2.25. The molecule has 1 saturated carbocycles. The number of carbonyl (C=O) groups is 1. The number of nitrogens with one attached hydrogen (secondary N) is 1. The van der Waals surface area contributed by atoms with Crippen molar-refractivity contribution >= 4 is 45.0 Å². The third kappa shape index (κ3) is 4.34. The fourth-order valence-corrected chi connectivity index (χ4v) is 3.79. The number of aromatic nitrogens is 1. The number of anilines is 1. The average Bonchev–Trinajstić information content (AvgIpc) is 2.89. The molecule has 1 aliphatic carbocycles. The van der Waals surface area contributed by atoms with Crippen LogP contribution in [-0.4, -0.2) is 23.5 Å². The average molecular weight is 356 g/mol. The van der Waals surface area contributed by atoms with Crippen LogP contribution >= 0.6 is 23.7 Å². The molecule has 2 unspecified atom stereocenters. The van der Waals surface area contributed by atoms with Crippen molar-refractivity contribution in [2.24, 2.45) is 11.7 Å². The summed E-state index contributed by atoms with van der Waals surface area (Å²) in [5, 5.41) is 3.59. The highest BCUT2D eigenvalue weighted by atomic mass is 35.5. The van der Waals surface area contributed by atoms with Gasteiger partial charge >= 0.3 is 0 Å². The largest absolute Gasteiger partial charge is 0.494 e. The summed E-state index contributed by atoms with van der Waals surface area (Å²) in [5.41, 5.74) is 6.83. The molecular formula is C16H22ClN3O2S. The molecule has 1 heterocycles. The van der Waals surface area contributed by atoms with E-state index < -0.39 is 0 Å². The summed E-state index contributed by atoms with van der Waals surface area (Å²) >= 11 is 1.48. The van der Waals surface area contributed by atoms with Gasteiger partial charge in [0.25, 0.3) is 0 Å². The molecule has 1 aromatic carbocycles. The molecule has 1 fully saturated rings. The van der Waals surface area contributed by atoms with Crippen LogP contribution in [0.25, 0.3) is 10.2 Å². The Hall–Kier alpha value is -1.37. The number of halogens is 1. The molecule has 3 N–H and O–H groups in total. The molecule has 1 amide bonds. The Morgan fingerprint density at radius 1 is 1.48 bits per heavy atom. The molecule has 2 aromatic rings. The van der Waals surface area contributed by atoms with Crippen molar-refractivity contribution in [3.05, 3.63) is 18.2 Å². The lowest BCUT2D eigenvalue weighted by atomic mass is 9.86. The van der Waals surface area contributed by atoms with Crippen molar-refractivity contribution in [3.8, 4) is 5.75 Å². The van der Waals surface area contributed by atoms with E-state index in [1.807, 2.05) is 25.1 Å². The van der Waals surface area contributed by atoms with Gasteiger partial charge in [-0.25, -0.2) is 4.98 Å². The van der Waals surface area contributed by atoms with E-state index in [2.05, 4.69) is 10.3 Å². The summed E-state index contributed by atoms with van der Waals surface area (Å²) in [4.78, 5) is 16.8. The fourth-order valence-electron chi connectivity index (χ4n) is 2.89. The lowest BCUT2D eigenvalue weighted by Crippen LogP contribution is -2.34. The minimum Gasteiger partial charge on any atom is -0.494 e. The summed E-state index contributed by atoms with van der Waals surface area (Å²) in [6, 6.07) is 5.93. The maximum atomic E-state index is 12.3. The molecule has 0 radical (unpaired) electrons. The van der Waals surface area contributed by atoms with Crippen molar-refractivity contribution in [2.75, 3.05) is 11.9 Å². The number of rotatable bonds is 4. The maximum absolute atomic E-state index is 12.3. The van der Waals surface area contributed by atoms with Gasteiger partial charge in [-0.05, 0) is 44.4 Å². The second-order valence-corrected chi connectivity index (χ2v) is 6.73. The van der Waals surface area contributed by atoms with Gasteiger partial charge in [-0.2, -0.15) is 0 Å². The first kappa shape index (κ1) is 18.0. The van der Waals surface area contributed by atoms with Gasteiger partial charge in [0.05, 0.1) is 16.8 Å². The summed E-state index contributed by atoms with van der Waals surface area (Å²) in [6.07, 6.45) is 3.73. The number of carbonyl (C=O) groups excluding carboxylic acids is 1. The molecule has 5 nitrogen and oxygen atoms in total. The fraction of sp³-hybridized carbons (Fsp3) is 0.500. The Morgan fingerprint density at radius 2 is 2.30 bits per heavy atom. The van der Waals surface area contributed by atoms with Crippen LogP contribution in [0.3, 0.4) is 0 Å². The van der Waals surface area contributed by atoms with Crippen molar-refractivity contribution in [2.45, 2.75) is 38.6 Å². The second-order valence-electron chi connectivity index (χ2n) is 5.69. The van der Waals surface area contributed by atoms with Crippen LogP contribution < -0.4 is 15.8 Å². The Bertz CT molecular complexity index is 676. The number of fused-ring (bicyclic) bond motifs is 1. The number of benzene rings is 1. The minimum absolute atomic E-state index is 0. The Balaban J connectivity index is 0.00000192. The van der Waals surface area contributed by atoms with Crippen LogP contribution in [0, 0.1) is 5.92 Å². The Labute approximate surface area is 146 Å². The van der Waals surface area contributed by atoms with Crippen LogP contribution in [0.2, 0.25) is 0 Å². The van der Waals surface area contributed by atoms with Gasteiger partial charge in [0.15, 0.2) is 5.13 Å². The predicted octanol–water partition coefficient (Wildman–Crippen LogP) is 3.57. The van der Waals surface area contributed by atoms with Gasteiger partial charge in [0.2, 0.25) is 5.91 Å². The molecule has 1 aromatic heterocycles. The van der Waals surface area contributed by atoms with Gasteiger partial charge in [-0.1, -0.05) is 17.8 Å². The van der Waals surface area contributed by atoms with E-state index in [1.165, 1.54) is 11.3 Å². The van der Waals surface area contributed by atoms with Crippen molar-refractivity contribution in [1.29, 1.82) is 0 Å². The van der Waals surface area contributed by atoms with E-state index in [0.29, 0.717) is 11.7 Å². The lowest BCUT2D eigenvalue weighted by molar-refractivity contribution is -0.120. The maximum Gasteiger partial charge on any atom is 0.229 e. The number of hydrogen-bond donors (Lipinski definition) is 2. The highest BCUT2D eigenvalue weighted by molar-refractivity contribution is 7.22. The number of amides is 1. The van der Waals surface area contributed by atoms with Crippen LogP contribution in [0.15, 0.2) is 18.2 Å². The first-order valence-corrected chi connectivity index (χ1v) is 8.57. The molecular weight excluding hydrogens is 334 g/mol. The first-order valence-electron chi connectivity index (χ1n) is 7.75. The third-order valence-corrected chi connectivity index (χ3v) is 4.92. The van der Waals surface area contributed by atoms with Crippen LogP contribution in [-0.2, 0) is 4.79 Å². The smallest absolute Gasteiger partial charge is 0.229 e. The van der Waals surface area contributed by atoms with Gasteiger partial charge in [-0.3, -0.25) is 4.79 Å². The zero-order chi connectivity index (χ0) is 15.5. The zero-order valence-corrected chi connectivity index (χ0v) is 14.7. The van der Waals surface area contributed by atoms with Crippen molar-refractivity contribution < 1.29 is 9.53 Å². The molecule has 0 spiro atoms. The lowest BCUT2D eigenvalue weighted by Gasteiger charge is -2.25. The Morgan fingerprint density at radius 3 is 3.04 bits per heavy atom. The van der Waals surface area contributed by atoms with Gasteiger partial charge in [-0.15, -0.1) is 12.4 Å². The molecule has 2 atom stereocenters. The number of nitrogens with two attached hydrogens (primary N) is 1. The standard InChI is InChI=1S/C16H21N3O2S.ClH/c1-2-21-12-6-7-13-14(9-12)22-16(18-13)19-15(20)10-4-3-5-11(17)8-10;/h6-7,9-11H,2-5,8,17H2,1H3,(H,18,19,20);1H. The predicted molar refractivity (Wildman–Crippen MR) is 96.6 cm³/mol. The van der Waals surface area contributed by atoms with E-state index in [-0.39, 0.29) is 30.3 Å². The molecule has 0 bridgehead atoms. The number of nitrogens with zero attached hydrogens (tertiary/aromatic N) is 1. The number of thiazole rings is 1. The summed E-state index contributed by atoms with van der Waals surface area (Å²) in [6.45, 7) is 2.59. The molecule has 126 valence electrons. The second kappa shape index (κ2) is 7.95.